The van der Waals surface area contributed by atoms with Gasteiger partial charge in [-0.25, -0.2) is 4.98 Å². The summed E-state index contributed by atoms with van der Waals surface area (Å²) in [5, 5.41) is 1.03. The van der Waals surface area contributed by atoms with Crippen LogP contribution in [0, 0.1) is 0 Å². The van der Waals surface area contributed by atoms with E-state index < -0.39 is 29.2 Å². The van der Waals surface area contributed by atoms with Crippen LogP contribution in [0.1, 0.15) is 5.69 Å². The lowest BCUT2D eigenvalue weighted by molar-refractivity contribution is -0.167. The van der Waals surface area contributed by atoms with Gasteiger partial charge in [-0.2, -0.15) is 26.3 Å². The summed E-state index contributed by atoms with van der Waals surface area (Å²) in [7, 11) is 0. The summed E-state index contributed by atoms with van der Waals surface area (Å²) >= 11 is 3.56. The molecule has 20 heavy (non-hydrogen) atoms. The topological polar surface area (TPSA) is 34.4 Å². The van der Waals surface area contributed by atoms with Crippen LogP contribution in [0.4, 0.5) is 26.3 Å². The number of carbonyl (C=O) groups is 1. The molecule has 2 heterocycles. The van der Waals surface area contributed by atoms with E-state index in [1.54, 1.807) is 11.6 Å². The van der Waals surface area contributed by atoms with Gasteiger partial charge in [0, 0.05) is 17.8 Å². The van der Waals surface area contributed by atoms with Gasteiger partial charge >= 0.3 is 12.4 Å². The van der Waals surface area contributed by atoms with Gasteiger partial charge in [-0.1, -0.05) is 15.9 Å². The van der Waals surface area contributed by atoms with Crippen molar-refractivity contribution in [2.75, 3.05) is 5.33 Å². The Morgan fingerprint density at radius 2 is 1.90 bits per heavy atom. The van der Waals surface area contributed by atoms with Crippen LogP contribution in [0.25, 0.3) is 4.96 Å². The smallest absolute Gasteiger partial charge is 0.297 e. The summed E-state index contributed by atoms with van der Waals surface area (Å²) in [6, 6.07) is 0. The van der Waals surface area contributed by atoms with Crippen LogP contribution in [-0.4, -0.2) is 26.7 Å². The second kappa shape index (κ2) is 6.12. The van der Waals surface area contributed by atoms with Gasteiger partial charge in [-0.05, 0) is 0 Å². The monoisotopic (exact) mass is 382 g/mol. The Balaban J connectivity index is 0.000000221. The summed E-state index contributed by atoms with van der Waals surface area (Å²) < 4.78 is 70.7. The number of alkyl halides is 7. The molecule has 2 aromatic rings. The first-order chi connectivity index (χ1) is 9.05. The van der Waals surface area contributed by atoms with Crippen molar-refractivity contribution in [3.8, 4) is 0 Å². The lowest BCUT2D eigenvalue weighted by atomic mass is 10.4. The van der Waals surface area contributed by atoms with Crippen LogP contribution < -0.4 is 0 Å². The highest BCUT2D eigenvalue weighted by Gasteiger charge is 2.36. The predicted octanol–water partition coefficient (Wildman–Crippen LogP) is 3.93. The normalized spacial score (nSPS) is 12.2. The molecule has 0 saturated carbocycles. The van der Waals surface area contributed by atoms with E-state index in [-0.39, 0.29) is 0 Å². The van der Waals surface area contributed by atoms with E-state index in [1.807, 2.05) is 0 Å². The third-order valence-corrected chi connectivity index (χ3v) is 3.10. The molecule has 0 aromatic carbocycles. The molecule has 0 radical (unpaired) electrons. The van der Waals surface area contributed by atoms with E-state index in [0.717, 1.165) is 6.20 Å². The average Bonchev–Trinajstić information content (AvgIpc) is 2.86. The Labute approximate surface area is 120 Å². The molecule has 2 aromatic heterocycles. The van der Waals surface area contributed by atoms with Crippen molar-refractivity contribution in [1.82, 2.24) is 9.38 Å². The third-order valence-electron chi connectivity index (χ3n) is 1.82. The van der Waals surface area contributed by atoms with Gasteiger partial charge in [0.15, 0.2) is 10.7 Å². The van der Waals surface area contributed by atoms with E-state index >= 15 is 0 Å². The van der Waals surface area contributed by atoms with Crippen molar-refractivity contribution < 1.29 is 31.1 Å². The van der Waals surface area contributed by atoms with Gasteiger partial charge in [0.05, 0.1) is 5.33 Å². The first-order valence-electron chi connectivity index (χ1n) is 4.71. The molecule has 3 nitrogen and oxygen atoms in total. The zero-order valence-electron chi connectivity index (χ0n) is 9.30. The summed E-state index contributed by atoms with van der Waals surface area (Å²) in [5.74, 6) is -1.75. The second-order valence-electron chi connectivity index (χ2n) is 3.27. The van der Waals surface area contributed by atoms with Crippen LogP contribution in [0.3, 0.4) is 0 Å². The Morgan fingerprint density at radius 1 is 1.30 bits per heavy atom. The van der Waals surface area contributed by atoms with Gasteiger partial charge < -0.3 is 0 Å². The van der Waals surface area contributed by atoms with Crippen molar-refractivity contribution in [2.24, 2.45) is 0 Å². The molecule has 11 heteroatoms. The number of rotatable bonds is 1. The van der Waals surface area contributed by atoms with Gasteiger partial charge in [-0.3, -0.25) is 9.20 Å². The Bertz CT molecular complexity index is 559. The molecule has 112 valence electrons. The number of fused-ring (bicyclic) bond motifs is 1. The van der Waals surface area contributed by atoms with Gasteiger partial charge in [0.1, 0.15) is 0 Å². The summed E-state index contributed by atoms with van der Waals surface area (Å²) in [5.41, 5.74) is -0.839. The van der Waals surface area contributed by atoms with Gasteiger partial charge in [0.2, 0.25) is 5.78 Å². The van der Waals surface area contributed by atoms with Crippen molar-refractivity contribution in [3.63, 3.8) is 0 Å². The van der Waals surface area contributed by atoms with Crippen LogP contribution >= 0.6 is 27.3 Å². The average molecular weight is 383 g/mol. The number of imidazole rings is 1. The van der Waals surface area contributed by atoms with Gasteiger partial charge in [0.25, 0.3) is 0 Å². The van der Waals surface area contributed by atoms with Gasteiger partial charge in [-0.15, -0.1) is 11.3 Å². The number of thiazole rings is 1. The number of ketones is 1. The number of aromatic nitrogens is 2. The lowest BCUT2D eigenvalue weighted by Crippen LogP contribution is -2.23. The summed E-state index contributed by atoms with van der Waals surface area (Å²) in [6.45, 7) is 0. The molecule has 0 amide bonds. The highest BCUT2D eigenvalue weighted by atomic mass is 79.9. The lowest BCUT2D eigenvalue weighted by Gasteiger charge is -1.98. The second-order valence-corrected chi connectivity index (χ2v) is 4.71. The largest absolute Gasteiger partial charge is 0.450 e. The van der Waals surface area contributed by atoms with Crippen molar-refractivity contribution in [1.29, 1.82) is 0 Å². The maximum absolute atomic E-state index is 12.0. The van der Waals surface area contributed by atoms with Crippen LogP contribution in [0.2, 0.25) is 0 Å². The highest BCUT2D eigenvalue weighted by molar-refractivity contribution is 9.09. The number of hydrogen-bond acceptors (Lipinski definition) is 3. The van der Waals surface area contributed by atoms with Crippen molar-refractivity contribution in [3.05, 3.63) is 23.5 Å². The molecular weight excluding hydrogens is 378 g/mol. The quantitative estimate of drug-likeness (QED) is 0.553. The number of carbonyl (C=O) groups excluding carboxylic acids is 1. The Morgan fingerprint density at radius 3 is 2.25 bits per heavy atom. The highest BCUT2D eigenvalue weighted by Crippen LogP contribution is 2.29. The zero-order valence-corrected chi connectivity index (χ0v) is 11.7. The van der Waals surface area contributed by atoms with E-state index in [4.69, 9.17) is 0 Å². The first-order valence-corrected chi connectivity index (χ1v) is 6.71. The molecule has 0 aliphatic heterocycles. The number of nitrogens with zero attached hydrogens (tertiary/aromatic N) is 2. The van der Waals surface area contributed by atoms with Crippen molar-refractivity contribution in [2.45, 2.75) is 12.4 Å². The molecule has 0 unspecified atom stereocenters. The minimum absolute atomic E-state index is 0.363. The number of Topliss-reactive ketones (excluding diaryl/α,β-unsaturated/α-hetero) is 1. The molecule has 0 aliphatic rings. The minimum atomic E-state index is -4.68. The zero-order chi connectivity index (χ0) is 15.6. The minimum Gasteiger partial charge on any atom is -0.297 e. The van der Waals surface area contributed by atoms with E-state index in [1.165, 1.54) is 15.7 Å². The molecular formula is C9H5BrF6N2OS. The predicted molar refractivity (Wildman–Crippen MR) is 62.9 cm³/mol. The van der Waals surface area contributed by atoms with E-state index in [2.05, 4.69) is 20.9 Å². The fourth-order valence-electron chi connectivity index (χ4n) is 0.940. The fraction of sp³-hybridized carbons (Fsp3) is 0.333. The maximum Gasteiger partial charge on any atom is 0.450 e. The maximum atomic E-state index is 12.0. The first kappa shape index (κ1) is 17.0. The molecule has 0 saturated heterocycles. The molecule has 0 fully saturated rings. The SMILES string of the molecule is FC(F)(F)c1cn2ccsc2n1.O=C(CBr)C(F)(F)F. The van der Waals surface area contributed by atoms with Crippen LogP contribution in [-0.2, 0) is 11.0 Å². The molecule has 2 rings (SSSR count). The standard InChI is InChI=1S/C6H3F3N2S.C3H2BrF3O/c7-6(8,9)4-3-11-1-2-12-5(11)10-4;4-1-2(8)3(5,6)7/h1-3H;1H2. The molecule has 0 aliphatic carbocycles. The van der Waals surface area contributed by atoms with E-state index in [9.17, 15) is 31.1 Å². The summed E-state index contributed by atoms with van der Waals surface area (Å²) in [6.07, 6.45) is -6.50. The molecule has 0 bridgehead atoms. The Hall–Kier alpha value is -1.10. The molecule has 0 spiro atoms. The van der Waals surface area contributed by atoms with Crippen molar-refractivity contribution >= 4 is 38.0 Å². The third kappa shape index (κ3) is 4.47. The fourth-order valence-corrected chi connectivity index (χ4v) is 1.96. The van der Waals surface area contributed by atoms with E-state index in [0.29, 0.717) is 4.96 Å². The van der Waals surface area contributed by atoms with Crippen LogP contribution in [0.5, 0.6) is 0 Å². The number of halogens is 7. The molecule has 0 atom stereocenters. The molecule has 0 N–H and O–H groups in total. The number of hydrogen-bond donors (Lipinski definition) is 0. The Kier molecular flexibility index (Phi) is 5.19. The summed E-state index contributed by atoms with van der Waals surface area (Å²) in [4.78, 5) is 13.4. The van der Waals surface area contributed by atoms with Crippen LogP contribution in [0.15, 0.2) is 17.8 Å².